The van der Waals surface area contributed by atoms with Gasteiger partial charge in [0.05, 0.1) is 13.2 Å². The Morgan fingerprint density at radius 3 is 2.71 bits per heavy atom. The average Bonchev–Trinajstić information content (AvgIpc) is 2.97. The monoisotopic (exact) mass is 290 g/mol. The van der Waals surface area contributed by atoms with Crippen LogP contribution in [-0.4, -0.2) is 47.9 Å². The summed E-state index contributed by atoms with van der Waals surface area (Å²) in [6, 6.07) is 3.94. The Morgan fingerprint density at radius 1 is 1.38 bits per heavy atom. The Balaban J connectivity index is 1.52. The second-order valence-corrected chi connectivity index (χ2v) is 5.88. The summed E-state index contributed by atoms with van der Waals surface area (Å²) < 4.78 is 11.4. The van der Waals surface area contributed by atoms with E-state index in [1.165, 1.54) is 0 Å². The molecule has 2 fully saturated rings. The maximum Gasteiger partial charge on any atom is 0.223 e. The molecule has 5 nitrogen and oxygen atoms in total. The summed E-state index contributed by atoms with van der Waals surface area (Å²) >= 11 is 0. The molecule has 0 bridgehead atoms. The van der Waals surface area contributed by atoms with Crippen LogP contribution in [0, 0.1) is 0 Å². The van der Waals surface area contributed by atoms with E-state index in [1.807, 2.05) is 23.2 Å². The third kappa shape index (κ3) is 3.24. The summed E-state index contributed by atoms with van der Waals surface area (Å²) in [6.07, 6.45) is 5.67. The average molecular weight is 290 g/mol. The normalized spacial score (nSPS) is 22.4. The summed E-state index contributed by atoms with van der Waals surface area (Å²) in [4.78, 5) is 18.5. The van der Waals surface area contributed by atoms with Crippen LogP contribution in [0.4, 0.5) is 0 Å². The van der Waals surface area contributed by atoms with E-state index in [2.05, 4.69) is 11.9 Å². The van der Waals surface area contributed by atoms with Crippen molar-refractivity contribution in [3.05, 3.63) is 30.1 Å². The van der Waals surface area contributed by atoms with Crippen LogP contribution < -0.4 is 0 Å². The Morgan fingerprint density at radius 2 is 2.10 bits per heavy atom. The fourth-order valence-electron chi connectivity index (χ4n) is 3.06. The van der Waals surface area contributed by atoms with Gasteiger partial charge in [-0.2, -0.15) is 0 Å². The van der Waals surface area contributed by atoms with Crippen molar-refractivity contribution in [1.29, 1.82) is 0 Å². The highest BCUT2D eigenvalue weighted by Gasteiger charge is 2.40. The van der Waals surface area contributed by atoms with Crippen LogP contribution >= 0.6 is 0 Å². The molecular formula is C16H22N2O3. The van der Waals surface area contributed by atoms with Gasteiger partial charge in [0.15, 0.2) is 5.79 Å². The molecule has 3 rings (SSSR count). The second-order valence-electron chi connectivity index (χ2n) is 5.88. The molecule has 1 atom stereocenters. The summed E-state index contributed by atoms with van der Waals surface area (Å²) in [5.74, 6) is -0.00794. The van der Waals surface area contributed by atoms with Gasteiger partial charge < -0.3 is 14.4 Å². The zero-order chi connectivity index (χ0) is 14.7. The summed E-state index contributed by atoms with van der Waals surface area (Å²) in [5.41, 5.74) is 1.11. The van der Waals surface area contributed by atoms with Crippen molar-refractivity contribution in [3.63, 3.8) is 0 Å². The quantitative estimate of drug-likeness (QED) is 0.853. The number of hydrogen-bond acceptors (Lipinski definition) is 4. The number of ether oxygens (including phenoxy) is 2. The highest BCUT2D eigenvalue weighted by Crippen LogP contribution is 2.32. The van der Waals surface area contributed by atoms with E-state index >= 15 is 0 Å². The largest absolute Gasteiger partial charge is 0.347 e. The number of carbonyl (C=O) groups is 1. The predicted octanol–water partition coefficient (Wildman–Crippen LogP) is 1.94. The first-order valence-electron chi connectivity index (χ1n) is 7.64. The molecule has 0 saturated carbocycles. The maximum absolute atomic E-state index is 12.4. The Labute approximate surface area is 125 Å². The van der Waals surface area contributed by atoms with E-state index in [9.17, 15) is 4.79 Å². The minimum Gasteiger partial charge on any atom is -0.347 e. The highest BCUT2D eigenvalue weighted by molar-refractivity contribution is 5.77. The number of nitrogens with zero attached hydrogens (tertiary/aromatic N) is 2. The first-order valence-corrected chi connectivity index (χ1v) is 7.64. The lowest BCUT2D eigenvalue weighted by atomic mass is 9.97. The molecule has 1 aromatic heterocycles. The first kappa shape index (κ1) is 14.5. The Bertz CT molecular complexity index is 476. The molecule has 0 radical (unpaired) electrons. The van der Waals surface area contributed by atoms with Crippen molar-refractivity contribution >= 4 is 5.91 Å². The van der Waals surface area contributed by atoms with Crippen LogP contribution in [0.15, 0.2) is 24.5 Å². The zero-order valence-corrected chi connectivity index (χ0v) is 12.5. The molecule has 1 spiro atoms. The van der Waals surface area contributed by atoms with Crippen LogP contribution in [0.3, 0.4) is 0 Å². The minimum absolute atomic E-state index is 0.195. The lowest BCUT2D eigenvalue weighted by Gasteiger charge is -2.37. The molecule has 21 heavy (non-hydrogen) atoms. The molecule has 0 aromatic carbocycles. The van der Waals surface area contributed by atoms with Gasteiger partial charge in [0.1, 0.15) is 0 Å². The molecule has 5 heteroatoms. The Hall–Kier alpha value is -1.46. The Kier molecular flexibility index (Phi) is 4.22. The third-order valence-corrected chi connectivity index (χ3v) is 4.43. The van der Waals surface area contributed by atoms with Crippen LogP contribution in [0.5, 0.6) is 0 Å². The first-order chi connectivity index (χ1) is 10.2. The van der Waals surface area contributed by atoms with Crippen molar-refractivity contribution in [2.75, 3.05) is 26.3 Å². The second kappa shape index (κ2) is 6.12. The van der Waals surface area contributed by atoms with Gasteiger partial charge in [-0.3, -0.25) is 9.78 Å². The topological polar surface area (TPSA) is 51.7 Å². The maximum atomic E-state index is 12.4. The van der Waals surface area contributed by atoms with E-state index in [-0.39, 0.29) is 11.8 Å². The number of rotatable bonds is 3. The van der Waals surface area contributed by atoms with Crippen molar-refractivity contribution < 1.29 is 14.3 Å². The van der Waals surface area contributed by atoms with Crippen molar-refractivity contribution in [2.24, 2.45) is 0 Å². The highest BCUT2D eigenvalue weighted by atomic mass is 16.7. The number of pyridine rings is 1. The number of piperidine rings is 1. The lowest BCUT2D eigenvalue weighted by molar-refractivity contribution is -0.187. The van der Waals surface area contributed by atoms with Gasteiger partial charge in [0, 0.05) is 44.7 Å². The van der Waals surface area contributed by atoms with Gasteiger partial charge in [-0.1, -0.05) is 13.0 Å². The molecule has 0 aliphatic carbocycles. The molecule has 114 valence electrons. The lowest BCUT2D eigenvalue weighted by Crippen LogP contribution is -2.47. The fraction of sp³-hybridized carbons (Fsp3) is 0.625. The van der Waals surface area contributed by atoms with Gasteiger partial charge in [-0.25, -0.2) is 0 Å². The van der Waals surface area contributed by atoms with E-state index in [4.69, 9.17) is 9.47 Å². The van der Waals surface area contributed by atoms with Crippen molar-refractivity contribution in [2.45, 2.75) is 37.9 Å². The fourth-order valence-corrected chi connectivity index (χ4v) is 3.06. The summed E-state index contributed by atoms with van der Waals surface area (Å²) in [6.45, 7) is 4.86. The van der Waals surface area contributed by atoms with Crippen LogP contribution in [-0.2, 0) is 14.3 Å². The van der Waals surface area contributed by atoms with E-state index in [1.54, 1.807) is 6.20 Å². The number of likely N-dealkylation sites (tertiary alicyclic amines) is 1. The molecule has 2 aliphatic heterocycles. The minimum atomic E-state index is -0.411. The summed E-state index contributed by atoms with van der Waals surface area (Å²) in [5, 5.41) is 0. The van der Waals surface area contributed by atoms with Gasteiger partial charge in [-0.15, -0.1) is 0 Å². The number of hydrogen-bond donors (Lipinski definition) is 0. The van der Waals surface area contributed by atoms with Crippen molar-refractivity contribution in [1.82, 2.24) is 9.88 Å². The van der Waals surface area contributed by atoms with Gasteiger partial charge in [0.25, 0.3) is 0 Å². The standard InChI is InChI=1S/C16H22N2O3/c1-13(14-3-2-6-17-12-14)11-15(19)18-7-4-16(5-8-18)20-9-10-21-16/h2-3,6,12-13H,4-5,7-11H2,1H3. The molecule has 3 heterocycles. The molecule has 2 aliphatic rings. The van der Waals surface area contributed by atoms with E-state index in [0.29, 0.717) is 19.6 Å². The molecule has 1 aromatic rings. The molecule has 0 N–H and O–H groups in total. The van der Waals surface area contributed by atoms with Gasteiger partial charge in [0.2, 0.25) is 5.91 Å². The summed E-state index contributed by atoms with van der Waals surface area (Å²) in [7, 11) is 0. The SMILES string of the molecule is CC(CC(=O)N1CCC2(CC1)OCCO2)c1cccnc1. The number of amides is 1. The van der Waals surface area contributed by atoms with Crippen molar-refractivity contribution in [3.8, 4) is 0 Å². The predicted molar refractivity (Wildman–Crippen MR) is 77.7 cm³/mol. The van der Waals surface area contributed by atoms with E-state index in [0.717, 1.165) is 31.5 Å². The van der Waals surface area contributed by atoms with Crippen LogP contribution in [0.2, 0.25) is 0 Å². The molecular weight excluding hydrogens is 268 g/mol. The molecule has 1 unspecified atom stereocenters. The zero-order valence-electron chi connectivity index (χ0n) is 12.5. The van der Waals surface area contributed by atoms with E-state index < -0.39 is 5.79 Å². The van der Waals surface area contributed by atoms with Crippen LogP contribution in [0.25, 0.3) is 0 Å². The third-order valence-electron chi connectivity index (χ3n) is 4.43. The molecule has 2 saturated heterocycles. The van der Waals surface area contributed by atoms with Gasteiger partial charge in [-0.05, 0) is 17.5 Å². The number of carbonyl (C=O) groups excluding carboxylic acids is 1. The van der Waals surface area contributed by atoms with Gasteiger partial charge >= 0.3 is 0 Å². The smallest absolute Gasteiger partial charge is 0.223 e. The van der Waals surface area contributed by atoms with Crippen LogP contribution in [0.1, 0.15) is 37.7 Å². The number of aromatic nitrogens is 1. The molecule has 1 amide bonds.